The Kier molecular flexibility index (Phi) is 5.12. The fraction of sp³-hybridized carbons (Fsp3) is 0.235. The van der Waals surface area contributed by atoms with Crippen molar-refractivity contribution in [2.45, 2.75) is 20.8 Å². The van der Waals surface area contributed by atoms with E-state index in [2.05, 4.69) is 5.92 Å². The second-order valence-electron chi connectivity index (χ2n) is 4.75. The van der Waals surface area contributed by atoms with E-state index in [1.165, 1.54) is 12.1 Å². The molecule has 0 unspecified atom stereocenters. The van der Waals surface area contributed by atoms with Crippen LogP contribution in [0.2, 0.25) is 0 Å². The van der Waals surface area contributed by atoms with E-state index >= 15 is 0 Å². The van der Waals surface area contributed by atoms with Gasteiger partial charge < -0.3 is 4.90 Å². The molecule has 0 atom stereocenters. The lowest BCUT2D eigenvalue weighted by atomic mass is 10.0. The van der Waals surface area contributed by atoms with E-state index in [1.54, 1.807) is 18.0 Å². The van der Waals surface area contributed by atoms with Crippen molar-refractivity contribution in [2.24, 2.45) is 0 Å². The molecule has 0 radical (unpaired) electrons. The molecule has 102 valence electrons. The van der Waals surface area contributed by atoms with Crippen molar-refractivity contribution in [1.29, 1.82) is 5.26 Å². The zero-order chi connectivity index (χ0) is 15.3. The minimum atomic E-state index is -0.434. The number of nitriles is 1. The lowest BCUT2D eigenvalue weighted by Gasteiger charge is -2.17. The number of terminal acetylenes is 1. The maximum absolute atomic E-state index is 13.4. The molecule has 3 heteroatoms. The molecule has 2 nitrogen and oxygen atoms in total. The van der Waals surface area contributed by atoms with Crippen molar-refractivity contribution in [3.63, 3.8) is 0 Å². The first kappa shape index (κ1) is 15.5. The van der Waals surface area contributed by atoms with Gasteiger partial charge in [0.15, 0.2) is 0 Å². The number of nitrogens with zero attached hydrogens (tertiary/aromatic N) is 2. The molecule has 0 spiro atoms. The van der Waals surface area contributed by atoms with Crippen molar-refractivity contribution >= 4 is 5.69 Å². The van der Waals surface area contributed by atoms with Gasteiger partial charge in [0.2, 0.25) is 0 Å². The third kappa shape index (κ3) is 3.73. The third-order valence-electron chi connectivity index (χ3n) is 2.84. The van der Waals surface area contributed by atoms with E-state index in [-0.39, 0.29) is 5.56 Å². The molecular weight excluding hydrogens is 251 g/mol. The Morgan fingerprint density at radius 2 is 1.95 bits per heavy atom. The summed E-state index contributed by atoms with van der Waals surface area (Å²) < 4.78 is 13.4. The van der Waals surface area contributed by atoms with E-state index in [0.29, 0.717) is 5.69 Å². The number of benzene rings is 1. The highest BCUT2D eigenvalue weighted by Gasteiger charge is 2.06. The Bertz CT molecular complexity index is 651. The quantitative estimate of drug-likeness (QED) is 0.612. The van der Waals surface area contributed by atoms with E-state index in [9.17, 15) is 4.39 Å². The maximum Gasteiger partial charge on any atom is 0.126 e. The molecule has 0 saturated heterocycles. The van der Waals surface area contributed by atoms with Crippen LogP contribution in [-0.2, 0) is 0 Å². The fourth-order valence-electron chi connectivity index (χ4n) is 1.92. The average Bonchev–Trinajstić information content (AvgIpc) is 2.38. The molecule has 0 saturated carbocycles. The maximum atomic E-state index is 13.4. The van der Waals surface area contributed by atoms with Crippen molar-refractivity contribution in [3.05, 3.63) is 52.5 Å². The monoisotopic (exact) mass is 268 g/mol. The van der Waals surface area contributed by atoms with Crippen molar-refractivity contribution in [3.8, 4) is 18.4 Å². The van der Waals surface area contributed by atoms with Crippen LogP contribution in [0, 0.1) is 29.5 Å². The first-order valence-electron chi connectivity index (χ1n) is 6.15. The van der Waals surface area contributed by atoms with Crippen LogP contribution in [0.5, 0.6) is 0 Å². The van der Waals surface area contributed by atoms with Gasteiger partial charge in [0.1, 0.15) is 5.82 Å². The molecule has 0 fully saturated rings. The number of rotatable bonds is 3. The molecular formula is C17H17FN2. The molecule has 0 heterocycles. The van der Waals surface area contributed by atoms with Gasteiger partial charge in [0, 0.05) is 24.5 Å². The molecule has 1 aromatic carbocycles. The lowest BCUT2D eigenvalue weighted by molar-refractivity contribution is 0.627. The molecule has 0 aliphatic heterocycles. The zero-order valence-corrected chi connectivity index (χ0v) is 12.2. The van der Waals surface area contributed by atoms with Crippen molar-refractivity contribution in [2.75, 3.05) is 11.9 Å². The summed E-state index contributed by atoms with van der Waals surface area (Å²) in [5.74, 6) is 2.22. The topological polar surface area (TPSA) is 27.0 Å². The van der Waals surface area contributed by atoms with Crippen LogP contribution in [0.15, 0.2) is 41.1 Å². The molecule has 0 aliphatic rings. The van der Waals surface area contributed by atoms with Gasteiger partial charge in [-0.2, -0.15) is 5.26 Å². The van der Waals surface area contributed by atoms with Crippen LogP contribution in [0.4, 0.5) is 10.1 Å². The second kappa shape index (κ2) is 6.59. The summed E-state index contributed by atoms with van der Waals surface area (Å²) in [6, 6.07) is 6.15. The molecule has 0 amide bonds. The van der Waals surface area contributed by atoms with Crippen molar-refractivity contribution < 1.29 is 4.39 Å². The molecule has 0 bridgehead atoms. The highest BCUT2D eigenvalue weighted by Crippen LogP contribution is 2.20. The highest BCUT2D eigenvalue weighted by atomic mass is 19.1. The van der Waals surface area contributed by atoms with E-state index in [4.69, 9.17) is 11.7 Å². The van der Waals surface area contributed by atoms with Crippen molar-refractivity contribution in [1.82, 2.24) is 0 Å². The molecule has 0 aliphatic carbocycles. The van der Waals surface area contributed by atoms with Crippen LogP contribution in [0.3, 0.4) is 0 Å². The van der Waals surface area contributed by atoms with Gasteiger partial charge in [0.05, 0.1) is 11.6 Å². The van der Waals surface area contributed by atoms with Crippen LogP contribution in [-0.4, -0.2) is 7.05 Å². The number of anilines is 1. The normalized spacial score (nSPS) is 10.4. The largest absolute Gasteiger partial charge is 0.351 e. The average molecular weight is 268 g/mol. The highest BCUT2D eigenvalue weighted by molar-refractivity contribution is 5.56. The Labute approximate surface area is 119 Å². The number of allylic oxidation sites excluding steroid dienone is 3. The second-order valence-corrected chi connectivity index (χ2v) is 4.75. The van der Waals surface area contributed by atoms with Gasteiger partial charge in [-0.05, 0) is 44.5 Å². The summed E-state index contributed by atoms with van der Waals surface area (Å²) in [5.41, 5.74) is 3.68. The first-order valence-corrected chi connectivity index (χ1v) is 6.15. The Morgan fingerprint density at radius 1 is 1.30 bits per heavy atom. The minimum Gasteiger partial charge on any atom is -0.351 e. The summed E-state index contributed by atoms with van der Waals surface area (Å²) in [6.45, 7) is 5.80. The van der Waals surface area contributed by atoms with Gasteiger partial charge in [-0.1, -0.05) is 11.5 Å². The van der Waals surface area contributed by atoms with E-state index in [1.807, 2.05) is 33.0 Å². The van der Waals surface area contributed by atoms with E-state index in [0.717, 1.165) is 16.7 Å². The van der Waals surface area contributed by atoms with Gasteiger partial charge in [-0.25, -0.2) is 4.39 Å². The number of hydrogen-bond donors (Lipinski definition) is 0. The Morgan fingerprint density at radius 3 is 2.45 bits per heavy atom. The fourth-order valence-corrected chi connectivity index (χ4v) is 1.92. The first-order chi connectivity index (χ1) is 9.38. The Balaban J connectivity index is 3.18. The third-order valence-corrected chi connectivity index (χ3v) is 2.84. The summed E-state index contributed by atoms with van der Waals surface area (Å²) in [7, 11) is 1.79. The van der Waals surface area contributed by atoms with Gasteiger partial charge in [0.25, 0.3) is 0 Å². The van der Waals surface area contributed by atoms with Crippen LogP contribution in [0.25, 0.3) is 0 Å². The molecule has 20 heavy (non-hydrogen) atoms. The molecule has 0 N–H and O–H groups in total. The minimum absolute atomic E-state index is 0.289. The van der Waals surface area contributed by atoms with Gasteiger partial charge >= 0.3 is 0 Å². The Hall–Kier alpha value is -2.52. The number of hydrogen-bond acceptors (Lipinski definition) is 2. The van der Waals surface area contributed by atoms with Crippen LogP contribution in [0.1, 0.15) is 26.3 Å². The summed E-state index contributed by atoms with van der Waals surface area (Å²) in [4.78, 5) is 1.75. The summed E-state index contributed by atoms with van der Waals surface area (Å²) >= 11 is 0. The predicted octanol–water partition coefficient (Wildman–Crippen LogP) is 4.01. The summed E-state index contributed by atoms with van der Waals surface area (Å²) in [6.07, 6.45) is 7.32. The zero-order valence-electron chi connectivity index (χ0n) is 12.2. The molecule has 0 aromatic heterocycles. The van der Waals surface area contributed by atoms with Gasteiger partial charge in [-0.15, -0.1) is 6.42 Å². The lowest BCUT2D eigenvalue weighted by Crippen LogP contribution is -2.10. The standard InChI is InChI=1S/C17H17FN2/c1-6-17(12(2)3)13(4)11-20(5)16-8-14(10-19)7-15(18)9-16/h1,7-9,11H,2-5H3/b13-11-. The molecule has 1 aromatic rings. The SMILES string of the molecule is C#CC(=C(C)C)/C(C)=C\N(C)c1cc(F)cc(C#N)c1. The number of halogens is 1. The predicted molar refractivity (Wildman–Crippen MR) is 80.5 cm³/mol. The molecule has 1 rings (SSSR count). The smallest absolute Gasteiger partial charge is 0.126 e. The van der Waals surface area contributed by atoms with E-state index < -0.39 is 5.82 Å². The van der Waals surface area contributed by atoms with Crippen LogP contribution < -0.4 is 4.90 Å². The summed E-state index contributed by atoms with van der Waals surface area (Å²) in [5, 5.41) is 8.86. The van der Waals surface area contributed by atoms with Crippen LogP contribution >= 0.6 is 0 Å². The van der Waals surface area contributed by atoms with Gasteiger partial charge in [-0.3, -0.25) is 0 Å².